The Bertz CT molecular complexity index is 405. The molecule has 0 aromatic carbocycles. The smallest absolute Gasteiger partial charge is 0.410 e. The second-order valence-electron chi connectivity index (χ2n) is 6.02. The molecule has 2 aliphatic heterocycles. The predicted octanol–water partition coefficient (Wildman–Crippen LogP) is 2.43. The Morgan fingerprint density at radius 2 is 2.17 bits per heavy atom. The molecular weight excluding hydrogens is 228 g/mol. The minimum Gasteiger partial charge on any atom is -0.444 e. The molecule has 0 aromatic heterocycles. The molecule has 100 valence electrons. The standard InChI is InChI=1S/C14H22N2O2/c1-10-6-5-7-11-8-16(9-12(11)15-10)13(17)18-14(2,3)4/h5,7,10,15H,6,8-9H2,1-4H3. The third kappa shape index (κ3) is 3.06. The lowest BCUT2D eigenvalue weighted by atomic mass is 10.2. The van der Waals surface area contributed by atoms with E-state index < -0.39 is 5.60 Å². The molecule has 1 N–H and O–H groups in total. The van der Waals surface area contributed by atoms with E-state index in [4.69, 9.17) is 4.74 Å². The zero-order valence-electron chi connectivity index (χ0n) is 11.6. The lowest BCUT2D eigenvalue weighted by molar-refractivity contribution is 0.0298. The van der Waals surface area contributed by atoms with Crippen LogP contribution in [0.25, 0.3) is 0 Å². The predicted molar refractivity (Wildman–Crippen MR) is 71.2 cm³/mol. The van der Waals surface area contributed by atoms with E-state index in [-0.39, 0.29) is 6.09 Å². The van der Waals surface area contributed by atoms with Gasteiger partial charge in [-0.25, -0.2) is 4.79 Å². The molecule has 0 spiro atoms. The van der Waals surface area contributed by atoms with Crippen LogP contribution < -0.4 is 5.32 Å². The highest BCUT2D eigenvalue weighted by Crippen LogP contribution is 2.22. The SMILES string of the molecule is CC1CC=CC2=C(CN(C(=O)OC(C)(C)C)C2)N1. The highest BCUT2D eigenvalue weighted by atomic mass is 16.6. The minimum absolute atomic E-state index is 0.238. The van der Waals surface area contributed by atoms with Crippen LogP contribution in [0.15, 0.2) is 23.4 Å². The molecule has 0 aromatic rings. The zero-order chi connectivity index (χ0) is 13.3. The molecule has 2 rings (SSSR count). The maximum atomic E-state index is 12.0. The van der Waals surface area contributed by atoms with Crippen LogP contribution in [0.1, 0.15) is 34.1 Å². The number of hydrogen-bond acceptors (Lipinski definition) is 3. The average Bonchev–Trinajstić information content (AvgIpc) is 2.52. The molecule has 0 radical (unpaired) electrons. The van der Waals surface area contributed by atoms with E-state index in [0.29, 0.717) is 19.1 Å². The number of rotatable bonds is 0. The summed E-state index contributed by atoms with van der Waals surface area (Å²) in [5.41, 5.74) is 1.92. The van der Waals surface area contributed by atoms with Crippen LogP contribution >= 0.6 is 0 Å². The highest BCUT2D eigenvalue weighted by Gasteiger charge is 2.29. The summed E-state index contributed by atoms with van der Waals surface area (Å²) >= 11 is 0. The average molecular weight is 250 g/mol. The molecule has 0 saturated carbocycles. The van der Waals surface area contributed by atoms with Crippen LogP contribution in [-0.2, 0) is 4.74 Å². The van der Waals surface area contributed by atoms with Gasteiger partial charge in [0.1, 0.15) is 5.60 Å². The first-order valence-electron chi connectivity index (χ1n) is 6.48. The Morgan fingerprint density at radius 3 is 2.83 bits per heavy atom. The van der Waals surface area contributed by atoms with Crippen molar-refractivity contribution in [3.05, 3.63) is 23.4 Å². The third-order valence-electron chi connectivity index (χ3n) is 2.98. The summed E-state index contributed by atoms with van der Waals surface area (Å²) in [5.74, 6) is 0. The second kappa shape index (κ2) is 4.67. The van der Waals surface area contributed by atoms with E-state index in [2.05, 4.69) is 24.4 Å². The molecule has 2 aliphatic rings. The Morgan fingerprint density at radius 1 is 1.44 bits per heavy atom. The Balaban J connectivity index is 2.00. The highest BCUT2D eigenvalue weighted by molar-refractivity contribution is 5.70. The van der Waals surface area contributed by atoms with Crippen molar-refractivity contribution in [2.24, 2.45) is 0 Å². The lowest BCUT2D eigenvalue weighted by Gasteiger charge is -2.25. The fourth-order valence-corrected chi connectivity index (χ4v) is 2.17. The monoisotopic (exact) mass is 250 g/mol. The van der Waals surface area contributed by atoms with Gasteiger partial charge in [0.2, 0.25) is 0 Å². The van der Waals surface area contributed by atoms with Crippen molar-refractivity contribution < 1.29 is 9.53 Å². The van der Waals surface area contributed by atoms with Crippen molar-refractivity contribution >= 4 is 6.09 Å². The summed E-state index contributed by atoms with van der Waals surface area (Å²) < 4.78 is 5.39. The van der Waals surface area contributed by atoms with Gasteiger partial charge in [-0.2, -0.15) is 0 Å². The van der Waals surface area contributed by atoms with Crippen molar-refractivity contribution in [2.75, 3.05) is 13.1 Å². The minimum atomic E-state index is -0.437. The number of hydrogen-bond donors (Lipinski definition) is 1. The summed E-state index contributed by atoms with van der Waals surface area (Å²) in [6, 6.07) is 0.423. The quantitative estimate of drug-likeness (QED) is 0.718. The lowest BCUT2D eigenvalue weighted by Crippen LogP contribution is -2.37. The van der Waals surface area contributed by atoms with Gasteiger partial charge in [-0.05, 0) is 39.7 Å². The first-order valence-corrected chi connectivity index (χ1v) is 6.48. The van der Waals surface area contributed by atoms with E-state index in [0.717, 1.165) is 12.1 Å². The van der Waals surface area contributed by atoms with E-state index in [9.17, 15) is 4.79 Å². The molecule has 0 bridgehead atoms. The van der Waals surface area contributed by atoms with Crippen LogP contribution in [0.3, 0.4) is 0 Å². The van der Waals surface area contributed by atoms with Crippen molar-refractivity contribution in [3.8, 4) is 0 Å². The Hall–Kier alpha value is -1.45. The van der Waals surface area contributed by atoms with Gasteiger partial charge in [0.15, 0.2) is 0 Å². The number of nitrogens with zero attached hydrogens (tertiary/aromatic N) is 1. The van der Waals surface area contributed by atoms with Gasteiger partial charge in [-0.15, -0.1) is 0 Å². The van der Waals surface area contributed by atoms with Gasteiger partial charge >= 0.3 is 6.09 Å². The van der Waals surface area contributed by atoms with E-state index in [1.807, 2.05) is 20.8 Å². The normalized spacial score (nSPS) is 23.6. The molecule has 18 heavy (non-hydrogen) atoms. The molecule has 1 atom stereocenters. The van der Waals surface area contributed by atoms with Crippen LogP contribution in [0.5, 0.6) is 0 Å². The fourth-order valence-electron chi connectivity index (χ4n) is 2.17. The van der Waals surface area contributed by atoms with Gasteiger partial charge in [0, 0.05) is 11.7 Å². The van der Waals surface area contributed by atoms with E-state index >= 15 is 0 Å². The molecular formula is C14H22N2O2. The second-order valence-corrected chi connectivity index (χ2v) is 6.02. The largest absolute Gasteiger partial charge is 0.444 e. The fraction of sp³-hybridized carbons (Fsp3) is 0.643. The van der Waals surface area contributed by atoms with Crippen molar-refractivity contribution in [1.29, 1.82) is 0 Å². The van der Waals surface area contributed by atoms with Crippen molar-refractivity contribution in [1.82, 2.24) is 10.2 Å². The number of ether oxygens (including phenoxy) is 1. The summed E-state index contributed by atoms with van der Waals surface area (Å²) in [5, 5.41) is 3.46. The van der Waals surface area contributed by atoms with Crippen molar-refractivity contribution in [2.45, 2.75) is 45.8 Å². The molecule has 2 heterocycles. The van der Waals surface area contributed by atoms with Crippen molar-refractivity contribution in [3.63, 3.8) is 0 Å². The van der Waals surface area contributed by atoms with E-state index in [1.54, 1.807) is 4.90 Å². The first-order chi connectivity index (χ1) is 8.35. The first kappa shape index (κ1) is 13.0. The maximum Gasteiger partial charge on any atom is 0.410 e. The van der Waals surface area contributed by atoms with Crippen LogP contribution in [0, 0.1) is 0 Å². The van der Waals surface area contributed by atoms with Gasteiger partial charge in [0.05, 0.1) is 13.1 Å². The zero-order valence-corrected chi connectivity index (χ0v) is 11.6. The molecule has 1 unspecified atom stereocenters. The molecule has 4 heteroatoms. The molecule has 4 nitrogen and oxygen atoms in total. The van der Waals surface area contributed by atoms with Gasteiger partial charge < -0.3 is 10.1 Å². The maximum absolute atomic E-state index is 12.0. The van der Waals surface area contributed by atoms with Crippen LogP contribution in [0.4, 0.5) is 4.79 Å². The number of nitrogens with one attached hydrogen (secondary N) is 1. The Labute approximate surface area is 109 Å². The third-order valence-corrected chi connectivity index (χ3v) is 2.98. The van der Waals surface area contributed by atoms with Crippen LogP contribution in [0.2, 0.25) is 0 Å². The van der Waals surface area contributed by atoms with Gasteiger partial charge in [-0.1, -0.05) is 12.2 Å². The molecule has 0 fully saturated rings. The van der Waals surface area contributed by atoms with Gasteiger partial charge in [-0.3, -0.25) is 4.90 Å². The summed E-state index contributed by atoms with van der Waals surface area (Å²) in [6.45, 7) is 9.08. The Kier molecular flexibility index (Phi) is 3.37. The molecule has 1 amide bonds. The number of carbonyl (C=O) groups excluding carboxylic acids is 1. The van der Waals surface area contributed by atoms with E-state index in [1.165, 1.54) is 5.57 Å². The molecule has 0 saturated heterocycles. The summed E-state index contributed by atoms with van der Waals surface area (Å²) in [4.78, 5) is 13.7. The number of amides is 1. The summed E-state index contributed by atoms with van der Waals surface area (Å²) in [7, 11) is 0. The van der Waals surface area contributed by atoms with Gasteiger partial charge in [0.25, 0.3) is 0 Å². The van der Waals surface area contributed by atoms with Crippen LogP contribution in [-0.4, -0.2) is 35.7 Å². The molecule has 0 aliphatic carbocycles. The topological polar surface area (TPSA) is 41.6 Å². The summed E-state index contributed by atoms with van der Waals surface area (Å²) in [6.07, 6.45) is 5.08. The number of carbonyl (C=O) groups is 1.